The van der Waals surface area contributed by atoms with Gasteiger partial charge < -0.3 is 10.1 Å². The van der Waals surface area contributed by atoms with Crippen molar-refractivity contribution in [3.05, 3.63) is 99.8 Å². The van der Waals surface area contributed by atoms with Crippen LogP contribution in [0.1, 0.15) is 22.3 Å². The molecule has 4 heteroatoms. The highest BCUT2D eigenvalue weighted by molar-refractivity contribution is 6.30. The molecule has 3 rings (SSSR count). The zero-order chi connectivity index (χ0) is 19.1. The number of halogens is 2. The molecule has 0 fully saturated rings. The van der Waals surface area contributed by atoms with Gasteiger partial charge in [0.2, 0.25) is 0 Å². The highest BCUT2D eigenvalue weighted by Crippen LogP contribution is 2.24. The molecule has 0 aliphatic carbocycles. The molecule has 3 aromatic rings. The monoisotopic (exact) mass is 383 g/mol. The van der Waals surface area contributed by atoms with E-state index in [9.17, 15) is 4.39 Å². The molecule has 0 unspecified atom stereocenters. The van der Waals surface area contributed by atoms with Crippen molar-refractivity contribution >= 4 is 11.6 Å². The van der Waals surface area contributed by atoms with Gasteiger partial charge in [-0.15, -0.1) is 0 Å². The molecule has 0 aliphatic rings. The van der Waals surface area contributed by atoms with Crippen LogP contribution in [0, 0.1) is 12.7 Å². The molecule has 140 valence electrons. The van der Waals surface area contributed by atoms with E-state index in [1.807, 2.05) is 42.5 Å². The van der Waals surface area contributed by atoms with Crippen molar-refractivity contribution in [3.8, 4) is 5.75 Å². The first-order valence-corrected chi connectivity index (χ1v) is 9.40. The van der Waals surface area contributed by atoms with Crippen molar-refractivity contribution in [2.45, 2.75) is 26.5 Å². The van der Waals surface area contributed by atoms with Crippen LogP contribution in [0.25, 0.3) is 0 Å². The predicted octanol–water partition coefficient (Wildman–Crippen LogP) is 5.70. The van der Waals surface area contributed by atoms with E-state index in [-0.39, 0.29) is 5.82 Å². The summed E-state index contributed by atoms with van der Waals surface area (Å²) in [6.07, 6.45) is 0.834. The second kappa shape index (κ2) is 9.54. The SMILES string of the molecule is Cc1ccccc1COc1ccc(Cl)cc1CNCCc1ccc(F)cc1. The van der Waals surface area contributed by atoms with Crippen molar-refractivity contribution in [3.63, 3.8) is 0 Å². The Kier molecular flexibility index (Phi) is 6.86. The van der Waals surface area contributed by atoms with Crippen LogP contribution < -0.4 is 10.1 Å². The number of rotatable bonds is 8. The summed E-state index contributed by atoms with van der Waals surface area (Å²) in [5.74, 6) is 0.623. The third kappa shape index (κ3) is 5.81. The zero-order valence-electron chi connectivity index (χ0n) is 15.3. The maximum Gasteiger partial charge on any atom is 0.124 e. The predicted molar refractivity (Wildman–Crippen MR) is 109 cm³/mol. The van der Waals surface area contributed by atoms with Gasteiger partial charge in [0.1, 0.15) is 18.2 Å². The molecule has 0 radical (unpaired) electrons. The van der Waals surface area contributed by atoms with Crippen LogP contribution in [0.2, 0.25) is 5.02 Å². The smallest absolute Gasteiger partial charge is 0.124 e. The summed E-state index contributed by atoms with van der Waals surface area (Å²) in [4.78, 5) is 0. The normalized spacial score (nSPS) is 10.8. The molecule has 0 saturated heterocycles. The number of hydrogen-bond acceptors (Lipinski definition) is 2. The Morgan fingerprint density at radius 3 is 2.52 bits per heavy atom. The lowest BCUT2D eigenvalue weighted by molar-refractivity contribution is 0.301. The molecule has 1 N–H and O–H groups in total. The quantitative estimate of drug-likeness (QED) is 0.504. The van der Waals surface area contributed by atoms with Crippen molar-refractivity contribution in [2.24, 2.45) is 0 Å². The molecule has 0 spiro atoms. The van der Waals surface area contributed by atoms with Gasteiger partial charge in [0, 0.05) is 17.1 Å². The lowest BCUT2D eigenvalue weighted by atomic mass is 10.1. The zero-order valence-corrected chi connectivity index (χ0v) is 16.1. The van der Waals surface area contributed by atoms with Gasteiger partial charge in [0.25, 0.3) is 0 Å². The fourth-order valence-corrected chi connectivity index (χ4v) is 3.06. The van der Waals surface area contributed by atoms with Crippen LogP contribution in [-0.2, 0) is 19.6 Å². The second-order valence-corrected chi connectivity index (χ2v) is 6.96. The van der Waals surface area contributed by atoms with Crippen LogP contribution in [0.5, 0.6) is 5.75 Å². The van der Waals surface area contributed by atoms with Crippen molar-refractivity contribution in [2.75, 3.05) is 6.54 Å². The fourth-order valence-electron chi connectivity index (χ4n) is 2.86. The highest BCUT2D eigenvalue weighted by Gasteiger charge is 2.06. The molecular weight excluding hydrogens is 361 g/mol. The van der Waals surface area contributed by atoms with Crippen molar-refractivity contribution in [1.29, 1.82) is 0 Å². The van der Waals surface area contributed by atoms with E-state index in [1.54, 1.807) is 0 Å². The molecule has 0 bridgehead atoms. The Morgan fingerprint density at radius 2 is 1.74 bits per heavy atom. The standard InChI is InChI=1S/C23H23ClFNO/c1-17-4-2-3-5-19(17)16-27-23-11-8-21(24)14-20(23)15-26-13-12-18-6-9-22(25)10-7-18/h2-11,14,26H,12-13,15-16H2,1H3. The minimum Gasteiger partial charge on any atom is -0.489 e. The minimum absolute atomic E-state index is 0.207. The summed E-state index contributed by atoms with van der Waals surface area (Å²) >= 11 is 6.16. The van der Waals surface area contributed by atoms with Gasteiger partial charge in [-0.3, -0.25) is 0 Å². The lowest BCUT2D eigenvalue weighted by Crippen LogP contribution is -2.17. The molecule has 0 aliphatic heterocycles. The number of aryl methyl sites for hydroxylation is 1. The summed E-state index contributed by atoms with van der Waals surface area (Å²) in [6.45, 7) is 4.05. The average Bonchev–Trinajstić information content (AvgIpc) is 2.67. The molecule has 0 amide bonds. The molecule has 0 atom stereocenters. The van der Waals surface area contributed by atoms with E-state index in [0.717, 1.165) is 29.8 Å². The van der Waals surface area contributed by atoms with Gasteiger partial charge >= 0.3 is 0 Å². The fraction of sp³-hybridized carbons (Fsp3) is 0.217. The average molecular weight is 384 g/mol. The van der Waals surface area contributed by atoms with E-state index < -0.39 is 0 Å². The van der Waals surface area contributed by atoms with E-state index in [4.69, 9.17) is 16.3 Å². The van der Waals surface area contributed by atoms with Gasteiger partial charge in [-0.25, -0.2) is 4.39 Å². The number of benzene rings is 3. The van der Waals surface area contributed by atoms with E-state index in [2.05, 4.69) is 24.4 Å². The molecule has 0 saturated carbocycles. The van der Waals surface area contributed by atoms with Gasteiger partial charge in [0.05, 0.1) is 0 Å². The highest BCUT2D eigenvalue weighted by atomic mass is 35.5. The minimum atomic E-state index is -0.207. The third-order valence-electron chi connectivity index (χ3n) is 4.49. The summed E-state index contributed by atoms with van der Waals surface area (Å²) < 4.78 is 19.0. The number of nitrogens with one attached hydrogen (secondary N) is 1. The first-order valence-electron chi connectivity index (χ1n) is 9.03. The van der Waals surface area contributed by atoms with Crippen LogP contribution in [0.3, 0.4) is 0 Å². The lowest BCUT2D eigenvalue weighted by Gasteiger charge is -2.14. The molecular formula is C23H23ClFNO. The van der Waals surface area contributed by atoms with Crippen LogP contribution >= 0.6 is 11.6 Å². The third-order valence-corrected chi connectivity index (χ3v) is 4.72. The Labute approximate surface area is 165 Å². The Hall–Kier alpha value is -2.36. The number of hydrogen-bond donors (Lipinski definition) is 1. The summed E-state index contributed by atoms with van der Waals surface area (Å²) in [7, 11) is 0. The molecule has 27 heavy (non-hydrogen) atoms. The number of ether oxygens (including phenoxy) is 1. The summed E-state index contributed by atoms with van der Waals surface area (Å²) in [5, 5.41) is 4.10. The largest absolute Gasteiger partial charge is 0.489 e. The second-order valence-electron chi connectivity index (χ2n) is 6.52. The first kappa shape index (κ1) is 19.4. The van der Waals surface area contributed by atoms with Crippen molar-refractivity contribution in [1.82, 2.24) is 5.32 Å². The molecule has 2 nitrogen and oxygen atoms in total. The molecule has 0 aromatic heterocycles. The summed E-state index contributed by atoms with van der Waals surface area (Å²) in [6, 6.07) is 20.5. The van der Waals surface area contributed by atoms with Crippen LogP contribution in [0.4, 0.5) is 4.39 Å². The van der Waals surface area contributed by atoms with Gasteiger partial charge in [-0.1, -0.05) is 48.0 Å². The Morgan fingerprint density at radius 1 is 0.963 bits per heavy atom. The van der Waals surface area contributed by atoms with Gasteiger partial charge in [-0.05, 0) is 66.9 Å². The topological polar surface area (TPSA) is 21.3 Å². The van der Waals surface area contributed by atoms with Gasteiger partial charge in [-0.2, -0.15) is 0 Å². The van der Waals surface area contributed by atoms with Crippen LogP contribution in [-0.4, -0.2) is 6.54 Å². The Bertz CT molecular complexity index is 880. The maximum absolute atomic E-state index is 13.0. The Balaban J connectivity index is 1.57. The van der Waals surface area contributed by atoms with Crippen molar-refractivity contribution < 1.29 is 9.13 Å². The maximum atomic E-state index is 13.0. The van der Waals surface area contributed by atoms with Crippen LogP contribution in [0.15, 0.2) is 66.7 Å². The van der Waals surface area contributed by atoms with E-state index >= 15 is 0 Å². The molecule has 3 aromatic carbocycles. The first-order chi connectivity index (χ1) is 13.1. The van der Waals surface area contributed by atoms with E-state index in [0.29, 0.717) is 18.2 Å². The van der Waals surface area contributed by atoms with Gasteiger partial charge in [0.15, 0.2) is 0 Å². The summed E-state index contributed by atoms with van der Waals surface area (Å²) in [5.41, 5.74) is 4.51. The molecule has 0 heterocycles. The van der Waals surface area contributed by atoms with E-state index in [1.165, 1.54) is 23.3 Å².